The van der Waals surface area contributed by atoms with Crippen LogP contribution in [0.5, 0.6) is 0 Å². The number of halogens is 1. The minimum Gasteiger partial charge on any atom is -0.444 e. The van der Waals surface area contributed by atoms with Crippen molar-refractivity contribution in [3.63, 3.8) is 0 Å². The van der Waals surface area contributed by atoms with Crippen LogP contribution in [0, 0.1) is 12.3 Å². The summed E-state index contributed by atoms with van der Waals surface area (Å²) in [5.74, 6) is -0.368. The number of likely N-dealkylation sites (tertiary alicyclic amines) is 1. The highest BCUT2D eigenvalue weighted by atomic mass is 35.5. The fourth-order valence-electron chi connectivity index (χ4n) is 5.67. The molecule has 2 aliphatic rings. The van der Waals surface area contributed by atoms with Crippen LogP contribution in [0.4, 0.5) is 10.6 Å². The monoisotopic (exact) mass is 539 g/mol. The Bertz CT molecular complexity index is 1400. The maximum Gasteiger partial charge on any atom is 0.410 e. The van der Waals surface area contributed by atoms with Crippen molar-refractivity contribution >= 4 is 29.4 Å². The summed E-state index contributed by atoms with van der Waals surface area (Å²) in [7, 11) is 0. The van der Waals surface area contributed by atoms with Crippen LogP contribution in [-0.4, -0.2) is 55.2 Å². The van der Waals surface area contributed by atoms with Gasteiger partial charge >= 0.3 is 6.09 Å². The summed E-state index contributed by atoms with van der Waals surface area (Å²) >= 11 is 6.13. The van der Waals surface area contributed by atoms with E-state index in [4.69, 9.17) is 32.9 Å². The second-order valence-electron chi connectivity index (χ2n) is 11.6. The molecular formula is C27H34ClN7O3. The average molecular weight is 540 g/mol. The highest BCUT2D eigenvalue weighted by molar-refractivity contribution is 6.30. The number of nitrogens with zero attached hydrogens (tertiary/aromatic N) is 5. The van der Waals surface area contributed by atoms with E-state index in [2.05, 4.69) is 5.10 Å². The number of rotatable bonds is 5. The highest BCUT2D eigenvalue weighted by Crippen LogP contribution is 2.55. The average Bonchev–Trinajstić information content (AvgIpc) is 3.47. The summed E-state index contributed by atoms with van der Waals surface area (Å²) < 4.78 is 9.07. The number of benzene rings is 1. The summed E-state index contributed by atoms with van der Waals surface area (Å²) in [5.41, 5.74) is 14.8. The number of aromatic nitrogens is 4. The predicted octanol–water partition coefficient (Wildman–Crippen LogP) is 4.40. The number of ether oxygens (including phenoxy) is 1. The second-order valence-corrected chi connectivity index (χ2v) is 12.0. The number of hydrogen-bond donors (Lipinski definition) is 2. The van der Waals surface area contributed by atoms with E-state index in [1.54, 1.807) is 14.3 Å². The molecule has 1 aliphatic carbocycles. The zero-order chi connectivity index (χ0) is 27.4. The van der Waals surface area contributed by atoms with E-state index in [1.807, 2.05) is 58.2 Å². The molecule has 1 aliphatic heterocycles. The summed E-state index contributed by atoms with van der Waals surface area (Å²) in [6.07, 6.45) is 4.09. The minimum atomic E-state index is -0.628. The highest BCUT2D eigenvalue weighted by Gasteiger charge is 2.51. The number of nitrogens with two attached hydrogens (primary N) is 2. The lowest BCUT2D eigenvalue weighted by Crippen LogP contribution is -2.43. The quantitative estimate of drug-likeness (QED) is 0.493. The van der Waals surface area contributed by atoms with E-state index in [0.717, 1.165) is 24.8 Å². The van der Waals surface area contributed by atoms with Gasteiger partial charge in [-0.25, -0.2) is 9.48 Å². The molecule has 38 heavy (non-hydrogen) atoms. The smallest absolute Gasteiger partial charge is 0.410 e. The van der Waals surface area contributed by atoms with Crippen molar-refractivity contribution in [3.05, 3.63) is 52.3 Å². The molecule has 2 amide bonds. The van der Waals surface area contributed by atoms with E-state index in [9.17, 15) is 9.59 Å². The van der Waals surface area contributed by atoms with Crippen molar-refractivity contribution in [2.75, 3.05) is 18.8 Å². The van der Waals surface area contributed by atoms with Crippen molar-refractivity contribution in [1.82, 2.24) is 24.5 Å². The van der Waals surface area contributed by atoms with Crippen molar-refractivity contribution in [2.45, 2.75) is 65.1 Å². The van der Waals surface area contributed by atoms with Crippen LogP contribution in [0.1, 0.15) is 67.7 Å². The minimum absolute atomic E-state index is 0.00473. The molecule has 1 spiro atoms. The molecule has 0 atom stereocenters. The van der Waals surface area contributed by atoms with E-state index in [0.29, 0.717) is 41.6 Å². The number of carbonyl (C=O) groups is 2. The first-order chi connectivity index (χ1) is 17.8. The second kappa shape index (κ2) is 9.34. The number of aryl methyl sites for hydroxylation is 1. The SMILES string of the molecule is Cc1nn(Cc2cccc(Cl)c2)cc1-c1nn([C@H]2C[C@@]3(CCN(C(=O)OC(C)(C)C)C3)C2)c(N)c1C(N)=O. The van der Waals surface area contributed by atoms with Crippen LogP contribution < -0.4 is 11.5 Å². The standard InChI is InChI=1S/C27H34ClN7O3/c1-16-20(14-34(31-16)13-17-6-5-7-18(28)10-17)22-21(24(30)36)23(29)35(32-22)19-11-27(12-19)8-9-33(15-27)25(37)38-26(2,3)4/h5-7,10,14,19H,8-9,11-13,15,29H2,1-4H3,(H2,30,36)/t19-,27-. The third kappa shape index (κ3) is 4.97. The molecule has 4 N–H and O–H groups in total. The third-order valence-electron chi connectivity index (χ3n) is 7.40. The van der Waals surface area contributed by atoms with Gasteiger partial charge in [0.2, 0.25) is 0 Å². The molecule has 0 bridgehead atoms. The normalized spacial score (nSPS) is 21.1. The molecule has 1 saturated carbocycles. The van der Waals surface area contributed by atoms with Crippen LogP contribution in [0.15, 0.2) is 30.5 Å². The Balaban J connectivity index is 1.35. The van der Waals surface area contributed by atoms with Crippen molar-refractivity contribution in [1.29, 1.82) is 0 Å². The molecule has 1 aromatic carbocycles. The molecule has 3 heterocycles. The van der Waals surface area contributed by atoms with Crippen LogP contribution in [0.25, 0.3) is 11.3 Å². The van der Waals surface area contributed by atoms with Crippen LogP contribution in [0.2, 0.25) is 5.02 Å². The maximum absolute atomic E-state index is 12.5. The van der Waals surface area contributed by atoms with Crippen LogP contribution in [-0.2, 0) is 11.3 Å². The zero-order valence-corrected chi connectivity index (χ0v) is 23.0. The molecular weight excluding hydrogens is 506 g/mol. The predicted molar refractivity (Wildman–Crippen MR) is 145 cm³/mol. The lowest BCUT2D eigenvalue weighted by atomic mass is 9.65. The lowest BCUT2D eigenvalue weighted by molar-refractivity contribution is 0.0187. The third-order valence-corrected chi connectivity index (χ3v) is 7.64. The largest absolute Gasteiger partial charge is 0.444 e. The van der Waals surface area contributed by atoms with Crippen molar-refractivity contribution < 1.29 is 14.3 Å². The lowest BCUT2D eigenvalue weighted by Gasteiger charge is -2.45. The fourth-order valence-corrected chi connectivity index (χ4v) is 5.89. The van der Waals surface area contributed by atoms with Gasteiger partial charge in [-0.05, 0) is 70.1 Å². The van der Waals surface area contributed by atoms with Gasteiger partial charge in [0.05, 0.1) is 18.3 Å². The van der Waals surface area contributed by atoms with E-state index >= 15 is 0 Å². The summed E-state index contributed by atoms with van der Waals surface area (Å²) in [6, 6.07) is 7.60. The summed E-state index contributed by atoms with van der Waals surface area (Å²) in [5, 5.41) is 10.1. The van der Waals surface area contributed by atoms with Crippen molar-refractivity contribution in [3.8, 4) is 11.3 Å². The first-order valence-corrected chi connectivity index (χ1v) is 13.2. The fraction of sp³-hybridized carbons (Fsp3) is 0.481. The number of carbonyl (C=O) groups excluding carboxylic acids is 2. The zero-order valence-electron chi connectivity index (χ0n) is 22.2. The molecule has 5 rings (SSSR count). The van der Waals surface area contributed by atoms with Gasteiger partial charge in [0.15, 0.2) is 0 Å². The van der Waals surface area contributed by atoms with Gasteiger partial charge in [0, 0.05) is 29.9 Å². The Hall–Kier alpha value is -3.53. The number of amides is 2. The summed E-state index contributed by atoms with van der Waals surface area (Å²) in [6.45, 7) is 9.30. The van der Waals surface area contributed by atoms with Crippen molar-refractivity contribution in [2.24, 2.45) is 11.1 Å². The van der Waals surface area contributed by atoms with E-state index in [1.165, 1.54) is 0 Å². The summed E-state index contributed by atoms with van der Waals surface area (Å²) in [4.78, 5) is 26.8. The van der Waals surface area contributed by atoms with Gasteiger partial charge in [-0.2, -0.15) is 10.2 Å². The van der Waals surface area contributed by atoms with Gasteiger partial charge in [0.1, 0.15) is 22.7 Å². The molecule has 202 valence electrons. The van der Waals surface area contributed by atoms with Crippen LogP contribution >= 0.6 is 11.6 Å². The Morgan fingerprint density at radius 3 is 2.63 bits per heavy atom. The van der Waals surface area contributed by atoms with Gasteiger partial charge in [-0.1, -0.05) is 23.7 Å². The van der Waals surface area contributed by atoms with Crippen LogP contribution in [0.3, 0.4) is 0 Å². The molecule has 3 aromatic rings. The number of hydrogen-bond acceptors (Lipinski definition) is 6. The van der Waals surface area contributed by atoms with E-state index < -0.39 is 11.5 Å². The first kappa shape index (κ1) is 26.1. The molecule has 0 radical (unpaired) electrons. The Labute approximate surface area is 226 Å². The molecule has 2 fully saturated rings. The van der Waals surface area contributed by atoms with Gasteiger partial charge < -0.3 is 21.1 Å². The van der Waals surface area contributed by atoms with Gasteiger partial charge in [-0.3, -0.25) is 9.48 Å². The number of nitrogen functional groups attached to an aromatic ring is 1. The number of primary amides is 1. The maximum atomic E-state index is 12.5. The molecule has 1 saturated heterocycles. The molecule has 11 heteroatoms. The van der Waals surface area contributed by atoms with Gasteiger partial charge in [0.25, 0.3) is 5.91 Å². The molecule has 10 nitrogen and oxygen atoms in total. The first-order valence-electron chi connectivity index (χ1n) is 12.8. The Morgan fingerprint density at radius 2 is 1.97 bits per heavy atom. The Morgan fingerprint density at radius 1 is 1.24 bits per heavy atom. The molecule has 2 aromatic heterocycles. The van der Waals surface area contributed by atoms with E-state index in [-0.39, 0.29) is 28.9 Å². The molecule has 0 unspecified atom stereocenters. The Kier molecular flexibility index (Phi) is 6.41. The number of anilines is 1. The van der Waals surface area contributed by atoms with Gasteiger partial charge in [-0.15, -0.1) is 0 Å². The topological polar surface area (TPSA) is 134 Å².